The predicted molar refractivity (Wildman–Crippen MR) is 94.6 cm³/mol. The molecule has 24 heavy (non-hydrogen) atoms. The lowest BCUT2D eigenvalue weighted by molar-refractivity contribution is 0.311. The van der Waals surface area contributed by atoms with Gasteiger partial charge in [-0.15, -0.1) is 0 Å². The van der Waals surface area contributed by atoms with E-state index in [1.54, 1.807) is 7.11 Å². The smallest absolute Gasteiger partial charge is 0.161 e. The van der Waals surface area contributed by atoms with Crippen LogP contribution in [-0.2, 0) is 6.54 Å². The normalized spacial score (nSPS) is 10.6. The van der Waals surface area contributed by atoms with Gasteiger partial charge in [-0.05, 0) is 43.3 Å². The molecule has 0 spiro atoms. The SMILES string of the molecule is CCOc1cc(-c2cc(CN)nn2-c2ccccc2)ccc1OC. The van der Waals surface area contributed by atoms with Crippen LogP contribution in [0.4, 0.5) is 0 Å². The maximum absolute atomic E-state index is 5.79. The van der Waals surface area contributed by atoms with Crippen LogP contribution in [0.15, 0.2) is 54.6 Å². The van der Waals surface area contributed by atoms with Gasteiger partial charge in [-0.3, -0.25) is 0 Å². The number of aromatic nitrogens is 2. The molecule has 0 aliphatic heterocycles. The first kappa shape index (κ1) is 16.1. The highest BCUT2D eigenvalue weighted by Gasteiger charge is 2.14. The molecule has 5 heteroatoms. The summed E-state index contributed by atoms with van der Waals surface area (Å²) in [6.45, 7) is 2.92. The van der Waals surface area contributed by atoms with Crippen molar-refractivity contribution >= 4 is 0 Å². The van der Waals surface area contributed by atoms with Crippen molar-refractivity contribution in [2.75, 3.05) is 13.7 Å². The number of hydrogen-bond donors (Lipinski definition) is 1. The lowest BCUT2D eigenvalue weighted by Gasteiger charge is -2.12. The topological polar surface area (TPSA) is 62.3 Å². The van der Waals surface area contributed by atoms with Crippen LogP contribution in [0.25, 0.3) is 16.9 Å². The summed E-state index contributed by atoms with van der Waals surface area (Å²) in [5.74, 6) is 1.43. The predicted octanol–water partition coefficient (Wildman–Crippen LogP) is 3.41. The van der Waals surface area contributed by atoms with E-state index >= 15 is 0 Å². The molecule has 0 radical (unpaired) electrons. The maximum atomic E-state index is 5.79. The fourth-order valence-electron chi connectivity index (χ4n) is 2.61. The molecule has 1 heterocycles. The molecule has 0 aliphatic rings. The molecule has 3 rings (SSSR count). The lowest BCUT2D eigenvalue weighted by atomic mass is 10.1. The molecule has 0 unspecified atom stereocenters. The largest absolute Gasteiger partial charge is 0.493 e. The van der Waals surface area contributed by atoms with Gasteiger partial charge in [0.1, 0.15) is 0 Å². The lowest BCUT2D eigenvalue weighted by Crippen LogP contribution is -2.02. The van der Waals surface area contributed by atoms with Crippen LogP contribution in [-0.4, -0.2) is 23.5 Å². The number of hydrogen-bond acceptors (Lipinski definition) is 4. The van der Waals surface area contributed by atoms with Crippen molar-refractivity contribution in [2.24, 2.45) is 5.73 Å². The first-order valence-electron chi connectivity index (χ1n) is 7.92. The molecule has 3 aromatic rings. The van der Waals surface area contributed by atoms with E-state index in [1.807, 2.05) is 66.2 Å². The van der Waals surface area contributed by atoms with Gasteiger partial charge in [0.15, 0.2) is 11.5 Å². The van der Waals surface area contributed by atoms with Crippen molar-refractivity contribution in [3.63, 3.8) is 0 Å². The Bertz CT molecular complexity index is 813. The van der Waals surface area contributed by atoms with Crippen molar-refractivity contribution in [2.45, 2.75) is 13.5 Å². The highest BCUT2D eigenvalue weighted by Crippen LogP contribution is 2.33. The number of rotatable bonds is 6. The van der Waals surface area contributed by atoms with E-state index in [4.69, 9.17) is 15.2 Å². The standard InChI is InChI=1S/C19H21N3O2/c1-3-24-19-11-14(9-10-18(19)23-2)17-12-15(13-20)21-22(17)16-7-5-4-6-8-16/h4-12H,3,13,20H2,1-2H3. The minimum absolute atomic E-state index is 0.390. The van der Waals surface area contributed by atoms with Crippen molar-refractivity contribution in [3.8, 4) is 28.4 Å². The third-order valence-corrected chi connectivity index (χ3v) is 3.73. The van der Waals surface area contributed by atoms with Gasteiger partial charge in [-0.25, -0.2) is 4.68 Å². The van der Waals surface area contributed by atoms with Crippen LogP contribution in [0.3, 0.4) is 0 Å². The number of nitrogens with zero attached hydrogens (tertiary/aromatic N) is 2. The summed E-state index contributed by atoms with van der Waals surface area (Å²) < 4.78 is 13.0. The molecule has 0 saturated carbocycles. The van der Waals surface area contributed by atoms with Crippen LogP contribution in [0.5, 0.6) is 11.5 Å². The highest BCUT2D eigenvalue weighted by molar-refractivity contribution is 5.66. The zero-order valence-electron chi connectivity index (χ0n) is 13.9. The zero-order chi connectivity index (χ0) is 16.9. The fraction of sp³-hybridized carbons (Fsp3) is 0.211. The Morgan fingerprint density at radius 3 is 2.50 bits per heavy atom. The van der Waals surface area contributed by atoms with Crippen molar-refractivity contribution < 1.29 is 9.47 Å². The third-order valence-electron chi connectivity index (χ3n) is 3.73. The van der Waals surface area contributed by atoms with E-state index in [1.165, 1.54) is 0 Å². The van der Waals surface area contributed by atoms with Gasteiger partial charge in [-0.1, -0.05) is 18.2 Å². The van der Waals surface area contributed by atoms with Crippen molar-refractivity contribution in [1.82, 2.24) is 9.78 Å². The quantitative estimate of drug-likeness (QED) is 0.755. The van der Waals surface area contributed by atoms with Crippen molar-refractivity contribution in [3.05, 3.63) is 60.3 Å². The Morgan fingerprint density at radius 1 is 1.04 bits per heavy atom. The Kier molecular flexibility index (Phi) is 4.82. The molecular weight excluding hydrogens is 302 g/mol. The van der Waals surface area contributed by atoms with Gasteiger partial charge in [-0.2, -0.15) is 5.10 Å². The number of ether oxygens (including phenoxy) is 2. The van der Waals surface area contributed by atoms with E-state index < -0.39 is 0 Å². The number of methoxy groups -OCH3 is 1. The van der Waals surface area contributed by atoms with Crippen LogP contribution < -0.4 is 15.2 Å². The summed E-state index contributed by atoms with van der Waals surface area (Å²) in [7, 11) is 1.64. The number of para-hydroxylation sites is 1. The second kappa shape index (κ2) is 7.19. The average Bonchev–Trinajstić information content (AvgIpc) is 3.07. The molecule has 0 amide bonds. The van der Waals surface area contributed by atoms with Crippen LogP contribution in [0.1, 0.15) is 12.6 Å². The van der Waals surface area contributed by atoms with Crippen LogP contribution in [0.2, 0.25) is 0 Å². The molecule has 0 saturated heterocycles. The van der Waals surface area contributed by atoms with E-state index in [0.29, 0.717) is 24.7 Å². The molecule has 0 fully saturated rings. The van der Waals surface area contributed by atoms with Gasteiger partial charge in [0.25, 0.3) is 0 Å². The molecule has 2 N–H and O–H groups in total. The molecular formula is C19H21N3O2. The van der Waals surface area contributed by atoms with Gasteiger partial charge in [0.2, 0.25) is 0 Å². The van der Waals surface area contributed by atoms with Gasteiger partial charge < -0.3 is 15.2 Å². The second-order valence-corrected chi connectivity index (χ2v) is 5.27. The summed E-state index contributed by atoms with van der Waals surface area (Å²) in [6, 6.07) is 17.9. The Balaban J connectivity index is 2.12. The summed E-state index contributed by atoms with van der Waals surface area (Å²) in [5.41, 5.74) is 9.57. The minimum Gasteiger partial charge on any atom is -0.493 e. The molecule has 5 nitrogen and oxygen atoms in total. The monoisotopic (exact) mass is 323 g/mol. The van der Waals surface area contributed by atoms with Gasteiger partial charge >= 0.3 is 0 Å². The van der Waals surface area contributed by atoms with Crippen molar-refractivity contribution in [1.29, 1.82) is 0 Å². The first-order valence-corrected chi connectivity index (χ1v) is 7.92. The van der Waals surface area contributed by atoms with E-state index in [2.05, 4.69) is 5.10 Å². The molecule has 0 bridgehead atoms. The summed E-state index contributed by atoms with van der Waals surface area (Å²) in [6.07, 6.45) is 0. The first-order chi connectivity index (χ1) is 11.8. The fourth-order valence-corrected chi connectivity index (χ4v) is 2.61. The van der Waals surface area contributed by atoms with E-state index in [9.17, 15) is 0 Å². The summed E-state index contributed by atoms with van der Waals surface area (Å²) >= 11 is 0. The summed E-state index contributed by atoms with van der Waals surface area (Å²) in [5, 5.41) is 4.61. The van der Waals surface area contributed by atoms with Crippen LogP contribution >= 0.6 is 0 Å². The number of nitrogens with two attached hydrogens (primary N) is 1. The maximum Gasteiger partial charge on any atom is 0.161 e. The second-order valence-electron chi connectivity index (χ2n) is 5.27. The molecule has 2 aromatic carbocycles. The zero-order valence-corrected chi connectivity index (χ0v) is 13.9. The average molecular weight is 323 g/mol. The van der Waals surface area contributed by atoms with Gasteiger partial charge in [0.05, 0.1) is 30.8 Å². The van der Waals surface area contributed by atoms with E-state index in [-0.39, 0.29) is 0 Å². The summed E-state index contributed by atoms with van der Waals surface area (Å²) in [4.78, 5) is 0. The van der Waals surface area contributed by atoms with E-state index in [0.717, 1.165) is 22.6 Å². The van der Waals surface area contributed by atoms with Gasteiger partial charge in [0, 0.05) is 12.1 Å². The Morgan fingerprint density at radius 2 is 1.83 bits per heavy atom. The minimum atomic E-state index is 0.390. The molecule has 1 aromatic heterocycles. The number of benzene rings is 2. The third kappa shape index (κ3) is 3.12. The van der Waals surface area contributed by atoms with Crippen LogP contribution in [0, 0.1) is 0 Å². The molecule has 124 valence electrons. The molecule has 0 atom stereocenters. The Hall–Kier alpha value is -2.79. The Labute approximate surface area is 141 Å². The molecule has 0 aliphatic carbocycles. The highest BCUT2D eigenvalue weighted by atomic mass is 16.5.